The largest absolute Gasteiger partial charge is 0.383 e. The molecule has 0 spiro atoms. The number of hydrogen-bond acceptors (Lipinski definition) is 2. The van der Waals surface area contributed by atoms with Crippen LogP contribution in [0.25, 0.3) is 10.8 Å². The van der Waals surface area contributed by atoms with Crippen LogP contribution < -0.4 is 5.73 Å². The molecule has 1 aromatic heterocycles. The van der Waals surface area contributed by atoms with Crippen LogP contribution in [0.5, 0.6) is 0 Å². The minimum atomic E-state index is 0.474. The second kappa shape index (κ2) is 3.54. The van der Waals surface area contributed by atoms with Crippen LogP contribution in [0.2, 0.25) is 0 Å². The molecule has 0 aliphatic rings. The van der Waals surface area contributed by atoms with Crippen LogP contribution in [0, 0.1) is 6.92 Å². The number of pyridine rings is 1. The molecule has 78 valence electrons. The van der Waals surface area contributed by atoms with E-state index in [1.807, 2.05) is 6.20 Å². The zero-order chi connectivity index (χ0) is 11.0. The van der Waals surface area contributed by atoms with Gasteiger partial charge in [-0.1, -0.05) is 32.0 Å². The van der Waals surface area contributed by atoms with E-state index >= 15 is 0 Å². The smallest absolute Gasteiger partial charge is 0.131 e. The van der Waals surface area contributed by atoms with Gasteiger partial charge in [0.05, 0.1) is 0 Å². The number of nitrogen functional groups attached to an aromatic ring is 1. The molecule has 1 aromatic carbocycles. The Hall–Kier alpha value is -1.57. The number of benzene rings is 1. The van der Waals surface area contributed by atoms with Gasteiger partial charge in [-0.25, -0.2) is 4.98 Å². The van der Waals surface area contributed by atoms with E-state index in [9.17, 15) is 0 Å². The van der Waals surface area contributed by atoms with E-state index < -0.39 is 0 Å². The highest BCUT2D eigenvalue weighted by Crippen LogP contribution is 2.29. The fourth-order valence-corrected chi connectivity index (χ4v) is 1.98. The Morgan fingerprint density at radius 3 is 2.67 bits per heavy atom. The van der Waals surface area contributed by atoms with Gasteiger partial charge in [0.25, 0.3) is 0 Å². The predicted molar refractivity (Wildman–Crippen MR) is 65.0 cm³/mol. The molecule has 0 bridgehead atoms. The quantitative estimate of drug-likeness (QED) is 0.767. The molecule has 0 saturated carbocycles. The highest BCUT2D eigenvalue weighted by Gasteiger charge is 2.09. The summed E-state index contributed by atoms with van der Waals surface area (Å²) in [5.74, 6) is 1.11. The van der Waals surface area contributed by atoms with Crippen LogP contribution in [0.3, 0.4) is 0 Å². The molecule has 0 atom stereocenters. The summed E-state index contributed by atoms with van der Waals surface area (Å²) >= 11 is 0. The van der Waals surface area contributed by atoms with Crippen molar-refractivity contribution in [2.24, 2.45) is 0 Å². The maximum absolute atomic E-state index is 5.91. The molecule has 2 nitrogen and oxygen atoms in total. The number of fused-ring (bicyclic) bond motifs is 1. The van der Waals surface area contributed by atoms with Gasteiger partial charge in [0, 0.05) is 11.6 Å². The third-order valence-electron chi connectivity index (χ3n) is 2.80. The van der Waals surface area contributed by atoms with Crippen molar-refractivity contribution in [2.45, 2.75) is 26.7 Å². The van der Waals surface area contributed by atoms with Crippen molar-refractivity contribution < 1.29 is 0 Å². The summed E-state index contributed by atoms with van der Waals surface area (Å²) in [7, 11) is 0. The van der Waals surface area contributed by atoms with Gasteiger partial charge in [-0.15, -0.1) is 0 Å². The van der Waals surface area contributed by atoms with Gasteiger partial charge in [0.1, 0.15) is 5.82 Å². The number of aromatic nitrogens is 1. The zero-order valence-electron chi connectivity index (χ0n) is 9.41. The van der Waals surface area contributed by atoms with Crippen molar-refractivity contribution in [3.63, 3.8) is 0 Å². The monoisotopic (exact) mass is 200 g/mol. The topological polar surface area (TPSA) is 38.9 Å². The molecule has 0 radical (unpaired) electrons. The molecule has 0 saturated heterocycles. The van der Waals surface area contributed by atoms with Crippen LogP contribution in [0.15, 0.2) is 24.4 Å². The number of nitrogens with two attached hydrogens (primary N) is 1. The Bertz CT molecular complexity index is 493. The Kier molecular flexibility index (Phi) is 2.35. The zero-order valence-corrected chi connectivity index (χ0v) is 9.41. The van der Waals surface area contributed by atoms with Crippen molar-refractivity contribution in [1.29, 1.82) is 0 Å². The first-order valence-electron chi connectivity index (χ1n) is 5.25. The van der Waals surface area contributed by atoms with Gasteiger partial charge in [-0.3, -0.25) is 0 Å². The van der Waals surface area contributed by atoms with E-state index in [1.54, 1.807) is 0 Å². The number of nitrogens with zero attached hydrogens (tertiary/aromatic N) is 1. The first kappa shape index (κ1) is 9.97. The van der Waals surface area contributed by atoms with E-state index in [2.05, 4.69) is 44.0 Å². The van der Waals surface area contributed by atoms with Crippen LogP contribution in [0.4, 0.5) is 5.82 Å². The molecule has 0 fully saturated rings. The molecule has 0 amide bonds. The molecule has 15 heavy (non-hydrogen) atoms. The highest BCUT2D eigenvalue weighted by molar-refractivity contribution is 5.95. The van der Waals surface area contributed by atoms with E-state index in [4.69, 9.17) is 5.73 Å². The summed E-state index contributed by atoms with van der Waals surface area (Å²) in [6.07, 6.45) is 1.89. The number of hydrogen-bond donors (Lipinski definition) is 1. The standard InChI is InChI=1S/C13H16N2/c1-8(2)11-7-15-13(14)12-9(3)5-4-6-10(11)12/h4-8H,1-3H3,(H2,14,15). The van der Waals surface area contributed by atoms with Crippen molar-refractivity contribution in [1.82, 2.24) is 4.98 Å². The normalized spacial score (nSPS) is 11.2. The summed E-state index contributed by atoms with van der Waals surface area (Å²) in [6, 6.07) is 6.27. The SMILES string of the molecule is Cc1cccc2c(C(C)C)cnc(N)c12. The van der Waals surface area contributed by atoms with E-state index in [0.717, 1.165) is 5.39 Å². The fourth-order valence-electron chi connectivity index (χ4n) is 1.98. The lowest BCUT2D eigenvalue weighted by Crippen LogP contribution is -1.98. The second-order valence-electron chi connectivity index (χ2n) is 4.25. The predicted octanol–water partition coefficient (Wildman–Crippen LogP) is 3.25. The highest BCUT2D eigenvalue weighted by atomic mass is 14.8. The van der Waals surface area contributed by atoms with Crippen LogP contribution in [0.1, 0.15) is 30.9 Å². The van der Waals surface area contributed by atoms with Crippen LogP contribution in [-0.4, -0.2) is 4.98 Å². The molecule has 2 rings (SSSR count). The molecule has 0 unspecified atom stereocenters. The fraction of sp³-hybridized carbons (Fsp3) is 0.308. The van der Waals surface area contributed by atoms with Gasteiger partial charge in [-0.2, -0.15) is 0 Å². The van der Waals surface area contributed by atoms with E-state index in [0.29, 0.717) is 11.7 Å². The molecule has 1 heterocycles. The molecule has 0 aliphatic heterocycles. The number of aryl methyl sites for hydroxylation is 1. The Balaban J connectivity index is 2.89. The minimum Gasteiger partial charge on any atom is -0.383 e. The lowest BCUT2D eigenvalue weighted by molar-refractivity contribution is 0.869. The van der Waals surface area contributed by atoms with Gasteiger partial charge < -0.3 is 5.73 Å². The summed E-state index contributed by atoms with van der Waals surface area (Å²) < 4.78 is 0. The average Bonchev–Trinajstić information content (AvgIpc) is 2.17. The Morgan fingerprint density at radius 1 is 1.27 bits per heavy atom. The van der Waals surface area contributed by atoms with Crippen molar-refractivity contribution in [3.8, 4) is 0 Å². The summed E-state index contributed by atoms with van der Waals surface area (Å²) in [4.78, 5) is 4.27. The van der Waals surface area contributed by atoms with E-state index in [-0.39, 0.29) is 0 Å². The first-order valence-corrected chi connectivity index (χ1v) is 5.25. The molecule has 0 aliphatic carbocycles. The van der Waals surface area contributed by atoms with Gasteiger partial charge in [0.15, 0.2) is 0 Å². The van der Waals surface area contributed by atoms with Crippen LogP contribution in [-0.2, 0) is 0 Å². The van der Waals surface area contributed by atoms with Gasteiger partial charge in [-0.05, 0) is 29.4 Å². The van der Waals surface area contributed by atoms with E-state index in [1.165, 1.54) is 16.5 Å². The van der Waals surface area contributed by atoms with Gasteiger partial charge in [0.2, 0.25) is 0 Å². The minimum absolute atomic E-state index is 0.474. The maximum Gasteiger partial charge on any atom is 0.131 e. The Morgan fingerprint density at radius 2 is 2.00 bits per heavy atom. The third-order valence-corrected chi connectivity index (χ3v) is 2.80. The van der Waals surface area contributed by atoms with Crippen molar-refractivity contribution in [2.75, 3.05) is 5.73 Å². The van der Waals surface area contributed by atoms with Crippen molar-refractivity contribution in [3.05, 3.63) is 35.5 Å². The number of rotatable bonds is 1. The van der Waals surface area contributed by atoms with Crippen LogP contribution >= 0.6 is 0 Å². The average molecular weight is 200 g/mol. The molecular formula is C13H16N2. The maximum atomic E-state index is 5.91. The summed E-state index contributed by atoms with van der Waals surface area (Å²) in [5, 5.41) is 2.33. The van der Waals surface area contributed by atoms with Crippen molar-refractivity contribution >= 4 is 16.6 Å². The van der Waals surface area contributed by atoms with Gasteiger partial charge >= 0.3 is 0 Å². The lowest BCUT2D eigenvalue weighted by atomic mass is 9.96. The second-order valence-corrected chi connectivity index (χ2v) is 4.25. The summed E-state index contributed by atoms with van der Waals surface area (Å²) in [5.41, 5.74) is 8.38. The Labute approximate surface area is 90.1 Å². The molecule has 2 heteroatoms. The number of anilines is 1. The molecular weight excluding hydrogens is 184 g/mol. The summed E-state index contributed by atoms with van der Waals surface area (Å²) in [6.45, 7) is 6.43. The lowest BCUT2D eigenvalue weighted by Gasteiger charge is -2.12. The molecule has 2 N–H and O–H groups in total. The first-order chi connectivity index (χ1) is 7.11. The molecule has 2 aromatic rings. The third kappa shape index (κ3) is 1.56.